The Bertz CT molecular complexity index is 836. The molecule has 0 radical (unpaired) electrons. The lowest BCUT2D eigenvalue weighted by atomic mass is 9.44. The van der Waals surface area contributed by atoms with Gasteiger partial charge in [-0.1, -0.05) is 13.8 Å². The van der Waals surface area contributed by atoms with Gasteiger partial charge in [0.15, 0.2) is 6.61 Å². The minimum absolute atomic E-state index is 0.0680. The summed E-state index contributed by atoms with van der Waals surface area (Å²) in [5.74, 6) is -0.677. The van der Waals surface area contributed by atoms with E-state index in [0.717, 1.165) is 32.1 Å². The molecule has 0 amide bonds. The van der Waals surface area contributed by atoms with Gasteiger partial charge >= 0.3 is 11.9 Å². The van der Waals surface area contributed by atoms with Gasteiger partial charge in [0.1, 0.15) is 17.5 Å². The Balaban J connectivity index is 1.57. The van der Waals surface area contributed by atoms with Crippen LogP contribution in [0.3, 0.4) is 0 Å². The minimum atomic E-state index is -1.64. The molecule has 4 aliphatic rings. The van der Waals surface area contributed by atoms with Crippen molar-refractivity contribution in [3.63, 3.8) is 0 Å². The summed E-state index contributed by atoms with van der Waals surface area (Å²) in [6.45, 7) is 6.34. The lowest BCUT2D eigenvalue weighted by Crippen LogP contribution is -2.62. The van der Waals surface area contributed by atoms with Crippen LogP contribution < -0.4 is 0 Å². The average molecular weight is 449 g/mol. The number of ketones is 2. The summed E-state index contributed by atoms with van der Waals surface area (Å²) in [6.07, 6.45) is 5.39. The topological polar surface area (TPSA) is 107 Å². The average Bonchev–Trinajstić information content (AvgIpc) is 2.97. The van der Waals surface area contributed by atoms with E-state index in [4.69, 9.17) is 9.47 Å². The van der Waals surface area contributed by atoms with Gasteiger partial charge in [-0.15, -0.1) is 0 Å². The maximum Gasteiger partial charge on any atom is 0.303 e. The highest BCUT2D eigenvalue weighted by molar-refractivity contribution is 5.93. The van der Waals surface area contributed by atoms with E-state index < -0.39 is 29.4 Å². The molecule has 7 nitrogen and oxygen atoms in total. The first-order valence-electron chi connectivity index (χ1n) is 12.0. The van der Waals surface area contributed by atoms with Crippen molar-refractivity contribution in [2.45, 2.75) is 90.8 Å². The van der Waals surface area contributed by atoms with Gasteiger partial charge in [-0.05, 0) is 68.1 Å². The molecule has 0 aromatic carbocycles. The van der Waals surface area contributed by atoms with E-state index in [2.05, 4.69) is 6.92 Å². The molecule has 0 saturated heterocycles. The molecule has 8 atom stereocenters. The Labute approximate surface area is 189 Å². The van der Waals surface area contributed by atoms with Gasteiger partial charge in [0.25, 0.3) is 0 Å². The van der Waals surface area contributed by atoms with E-state index in [9.17, 15) is 24.3 Å². The third-order valence-electron chi connectivity index (χ3n) is 9.66. The quantitative estimate of drug-likeness (QED) is 0.659. The summed E-state index contributed by atoms with van der Waals surface area (Å²) in [5, 5.41) is 11.5. The van der Waals surface area contributed by atoms with E-state index in [-0.39, 0.29) is 47.4 Å². The Kier molecular flexibility index (Phi) is 5.80. The van der Waals surface area contributed by atoms with E-state index >= 15 is 0 Å². The molecule has 0 aliphatic heterocycles. The highest BCUT2D eigenvalue weighted by Crippen LogP contribution is 2.67. The molecule has 8 unspecified atom stereocenters. The van der Waals surface area contributed by atoms with Crippen LogP contribution in [0.2, 0.25) is 0 Å². The first-order valence-corrected chi connectivity index (χ1v) is 12.0. The second-order valence-corrected chi connectivity index (χ2v) is 11.2. The number of carbonyl (C=O) groups is 4. The summed E-state index contributed by atoms with van der Waals surface area (Å²) < 4.78 is 10.4. The SMILES string of the molecule is CC(=O)OCC(=O)C1(O)CCC2C3CCC4CC(OC(C)=O)CCC4(C)C3C(=O)CC21C. The monoisotopic (exact) mass is 448 g/mol. The van der Waals surface area contributed by atoms with Gasteiger partial charge < -0.3 is 14.6 Å². The third-order valence-corrected chi connectivity index (χ3v) is 9.66. The molecule has 4 rings (SSSR count). The normalized spacial score (nSPS) is 45.3. The summed E-state index contributed by atoms with van der Waals surface area (Å²) in [5.41, 5.74) is -2.61. The third kappa shape index (κ3) is 3.42. The number of aliphatic hydroxyl groups is 1. The molecule has 1 N–H and O–H groups in total. The number of carbonyl (C=O) groups excluding carboxylic acids is 4. The van der Waals surface area contributed by atoms with Crippen LogP contribution in [0.15, 0.2) is 0 Å². The van der Waals surface area contributed by atoms with Crippen molar-refractivity contribution in [2.24, 2.45) is 34.5 Å². The molecule has 0 bridgehead atoms. The molecule has 0 aromatic rings. The summed E-state index contributed by atoms with van der Waals surface area (Å²) in [4.78, 5) is 49.2. The summed E-state index contributed by atoms with van der Waals surface area (Å²) >= 11 is 0. The number of fused-ring (bicyclic) bond motifs is 5. The van der Waals surface area contributed by atoms with Crippen LogP contribution in [0.1, 0.15) is 79.1 Å². The fourth-order valence-corrected chi connectivity index (χ4v) is 8.12. The summed E-state index contributed by atoms with van der Waals surface area (Å²) in [6, 6.07) is 0. The molecule has 4 aliphatic carbocycles. The Hall–Kier alpha value is -1.76. The van der Waals surface area contributed by atoms with Crippen molar-refractivity contribution in [3.05, 3.63) is 0 Å². The van der Waals surface area contributed by atoms with E-state index in [0.29, 0.717) is 18.8 Å². The zero-order valence-electron chi connectivity index (χ0n) is 19.6. The molecule has 4 fully saturated rings. The lowest BCUT2D eigenvalue weighted by molar-refractivity contribution is -0.183. The van der Waals surface area contributed by atoms with Crippen LogP contribution in [0.5, 0.6) is 0 Å². The van der Waals surface area contributed by atoms with Gasteiger partial charge in [-0.3, -0.25) is 19.2 Å². The second kappa shape index (κ2) is 7.93. The fourth-order valence-electron chi connectivity index (χ4n) is 8.12. The number of hydrogen-bond donors (Lipinski definition) is 1. The predicted molar refractivity (Wildman–Crippen MR) is 114 cm³/mol. The molecule has 0 aromatic heterocycles. The van der Waals surface area contributed by atoms with E-state index in [1.165, 1.54) is 13.8 Å². The smallest absolute Gasteiger partial charge is 0.303 e. The standard InChI is InChI=1S/C25H36O7/c1-14(26)31-13-21(29)25(30)10-8-19-18-6-5-16-11-17(32-15(2)27)7-9-23(16,3)22(18)20(28)12-24(19,25)4/h16-19,22,30H,5-13H2,1-4H3. The largest absolute Gasteiger partial charge is 0.463 e. The lowest BCUT2D eigenvalue weighted by Gasteiger charge is -2.60. The second-order valence-electron chi connectivity index (χ2n) is 11.2. The van der Waals surface area contributed by atoms with Crippen LogP contribution in [0, 0.1) is 34.5 Å². The van der Waals surface area contributed by atoms with E-state index in [1.54, 1.807) is 0 Å². The van der Waals surface area contributed by atoms with Gasteiger partial charge in [-0.25, -0.2) is 0 Å². The highest BCUT2D eigenvalue weighted by atomic mass is 16.5. The maximum absolute atomic E-state index is 13.7. The molecular formula is C25H36O7. The number of hydrogen-bond acceptors (Lipinski definition) is 7. The molecule has 178 valence electrons. The fraction of sp³-hybridized carbons (Fsp3) is 0.840. The Morgan fingerprint density at radius 1 is 1.03 bits per heavy atom. The molecule has 0 spiro atoms. The predicted octanol–water partition coefficient (Wildman–Crippen LogP) is 3.00. The number of esters is 2. The Morgan fingerprint density at radius 3 is 2.41 bits per heavy atom. The molecular weight excluding hydrogens is 412 g/mol. The Morgan fingerprint density at radius 2 is 1.75 bits per heavy atom. The first-order chi connectivity index (χ1) is 14.9. The van der Waals surface area contributed by atoms with Crippen molar-refractivity contribution in [1.29, 1.82) is 0 Å². The first kappa shape index (κ1) is 23.4. The summed E-state index contributed by atoms with van der Waals surface area (Å²) in [7, 11) is 0. The minimum Gasteiger partial charge on any atom is -0.463 e. The molecule has 0 heterocycles. The number of rotatable bonds is 4. The van der Waals surface area contributed by atoms with Crippen LogP contribution in [-0.2, 0) is 28.7 Å². The van der Waals surface area contributed by atoms with Gasteiger partial charge in [-0.2, -0.15) is 0 Å². The van der Waals surface area contributed by atoms with Crippen molar-refractivity contribution in [3.8, 4) is 0 Å². The van der Waals surface area contributed by atoms with Crippen molar-refractivity contribution in [1.82, 2.24) is 0 Å². The van der Waals surface area contributed by atoms with Gasteiger partial charge in [0.2, 0.25) is 5.78 Å². The van der Waals surface area contributed by atoms with Crippen molar-refractivity contribution < 1.29 is 33.8 Å². The van der Waals surface area contributed by atoms with E-state index in [1.807, 2.05) is 6.92 Å². The van der Waals surface area contributed by atoms with Crippen molar-refractivity contribution >= 4 is 23.5 Å². The van der Waals surface area contributed by atoms with Crippen LogP contribution >= 0.6 is 0 Å². The highest BCUT2D eigenvalue weighted by Gasteiger charge is 2.69. The molecule has 4 saturated carbocycles. The molecule has 7 heteroatoms. The van der Waals surface area contributed by atoms with Crippen LogP contribution in [-0.4, -0.2) is 46.9 Å². The maximum atomic E-state index is 13.7. The van der Waals surface area contributed by atoms with Gasteiger partial charge in [0, 0.05) is 31.6 Å². The van der Waals surface area contributed by atoms with Crippen molar-refractivity contribution in [2.75, 3.05) is 6.61 Å². The molecule has 32 heavy (non-hydrogen) atoms. The van der Waals surface area contributed by atoms with Gasteiger partial charge in [0.05, 0.1) is 0 Å². The zero-order valence-corrected chi connectivity index (χ0v) is 19.6. The zero-order chi connectivity index (χ0) is 23.5. The van der Waals surface area contributed by atoms with Crippen LogP contribution in [0.4, 0.5) is 0 Å². The number of ether oxygens (including phenoxy) is 2. The number of Topliss-reactive ketones (excluding diaryl/α,β-unsaturated/α-hetero) is 2. The van der Waals surface area contributed by atoms with Crippen LogP contribution in [0.25, 0.3) is 0 Å².